The maximum absolute atomic E-state index is 14.1. The molecule has 1 heterocycles. The third-order valence-electron chi connectivity index (χ3n) is 7.75. The summed E-state index contributed by atoms with van der Waals surface area (Å²) in [4.78, 5) is 0. The first kappa shape index (κ1) is 28.0. The molecule has 1 aliphatic heterocycles. The molecule has 1 saturated heterocycles. The number of benzene rings is 4. The largest absolute Gasteiger partial charge is 0.497 e. The van der Waals surface area contributed by atoms with Crippen molar-refractivity contribution in [2.75, 3.05) is 21.3 Å². The number of ether oxygens (including phenoxy) is 4. The predicted octanol–water partition coefficient (Wildman–Crippen LogP) is 5.13. The van der Waals surface area contributed by atoms with Crippen molar-refractivity contribution < 1.29 is 33.6 Å². The molecule has 7 heteroatoms. The molecule has 0 saturated carbocycles. The number of hydrogen-bond acceptors (Lipinski definition) is 6. The molecule has 208 valence electrons. The Balaban J connectivity index is 1.77. The van der Waals surface area contributed by atoms with E-state index in [1.54, 1.807) is 67.8 Å². The van der Waals surface area contributed by atoms with Crippen LogP contribution in [0.15, 0.2) is 109 Å². The second kappa shape index (κ2) is 11.5. The van der Waals surface area contributed by atoms with Gasteiger partial charge >= 0.3 is 0 Å². The lowest BCUT2D eigenvalue weighted by atomic mass is 9.69. The summed E-state index contributed by atoms with van der Waals surface area (Å²) in [6.45, 7) is 0. The molecule has 1 fully saturated rings. The van der Waals surface area contributed by atoms with Crippen LogP contribution in [0.5, 0.6) is 5.75 Å². The zero-order chi connectivity index (χ0) is 28.3. The Morgan fingerprint density at radius 2 is 1.23 bits per heavy atom. The molecule has 5 rings (SSSR count). The van der Waals surface area contributed by atoms with Crippen molar-refractivity contribution in [3.8, 4) is 5.75 Å². The zero-order valence-electron chi connectivity index (χ0n) is 22.6. The molecule has 1 unspecified atom stereocenters. The van der Waals surface area contributed by atoms with Gasteiger partial charge in [-0.25, -0.2) is 4.39 Å². The molecular formula is C33H33FO6. The third-order valence-corrected chi connectivity index (χ3v) is 7.75. The maximum Gasteiger partial charge on any atom is 0.223 e. The van der Waals surface area contributed by atoms with E-state index in [0.29, 0.717) is 22.4 Å². The van der Waals surface area contributed by atoms with Crippen LogP contribution in [0, 0.1) is 5.82 Å². The van der Waals surface area contributed by atoms with Crippen LogP contribution in [-0.4, -0.2) is 49.9 Å². The van der Waals surface area contributed by atoms with Gasteiger partial charge in [-0.2, -0.15) is 0 Å². The summed E-state index contributed by atoms with van der Waals surface area (Å²) in [5.41, 5.74) is 0.525. The normalized spacial score (nSPS) is 27.2. The van der Waals surface area contributed by atoms with Gasteiger partial charge < -0.3 is 29.2 Å². The number of methoxy groups -OCH3 is 3. The molecule has 1 aliphatic rings. The summed E-state index contributed by atoms with van der Waals surface area (Å²) < 4.78 is 38.0. The van der Waals surface area contributed by atoms with Crippen LogP contribution < -0.4 is 4.74 Å². The van der Waals surface area contributed by atoms with E-state index in [1.165, 1.54) is 26.4 Å². The summed E-state index contributed by atoms with van der Waals surface area (Å²) in [5.74, 6) is -2.41. The molecule has 0 amide bonds. The van der Waals surface area contributed by atoms with Gasteiger partial charge in [0.2, 0.25) is 5.79 Å². The summed E-state index contributed by atoms with van der Waals surface area (Å²) in [6, 6.07) is 31.3. The Labute approximate surface area is 233 Å². The fourth-order valence-corrected chi connectivity index (χ4v) is 5.90. The van der Waals surface area contributed by atoms with Gasteiger partial charge in [0, 0.05) is 25.7 Å². The van der Waals surface area contributed by atoms with E-state index in [9.17, 15) is 14.6 Å². The van der Waals surface area contributed by atoms with E-state index < -0.39 is 35.6 Å². The van der Waals surface area contributed by atoms with E-state index in [0.717, 1.165) is 5.56 Å². The van der Waals surface area contributed by atoms with Crippen molar-refractivity contribution in [2.45, 2.75) is 35.6 Å². The van der Waals surface area contributed by atoms with Gasteiger partial charge in [-0.1, -0.05) is 84.9 Å². The van der Waals surface area contributed by atoms with Gasteiger partial charge in [0.05, 0.1) is 7.11 Å². The van der Waals surface area contributed by atoms with Gasteiger partial charge in [0.1, 0.15) is 29.4 Å². The van der Waals surface area contributed by atoms with Crippen molar-refractivity contribution in [2.24, 2.45) is 0 Å². The second-order valence-electron chi connectivity index (χ2n) is 9.91. The SMILES string of the molecule is COc1ccc(C(c2ccc(F)cc2)[C@H]2O[C@@](O)(c3ccccc3)[C@@H](OC)[C@@](O)(c3ccccc3)[C@@H]2OC)cc1. The van der Waals surface area contributed by atoms with Crippen LogP contribution in [0.1, 0.15) is 28.2 Å². The molecule has 2 N–H and O–H groups in total. The number of aliphatic hydroxyl groups is 2. The Hall–Kier alpha value is -3.59. The van der Waals surface area contributed by atoms with Crippen LogP contribution in [0.4, 0.5) is 4.39 Å². The lowest BCUT2D eigenvalue weighted by molar-refractivity contribution is -0.393. The van der Waals surface area contributed by atoms with Crippen LogP contribution >= 0.6 is 0 Å². The van der Waals surface area contributed by atoms with E-state index in [4.69, 9.17) is 18.9 Å². The highest BCUT2D eigenvalue weighted by Crippen LogP contribution is 2.52. The summed E-state index contributed by atoms with van der Waals surface area (Å²) >= 11 is 0. The summed E-state index contributed by atoms with van der Waals surface area (Å²) in [5, 5.41) is 25.1. The standard InChI is InChI=1S/C33H33FO6/c1-37-27-20-16-23(17-21-27)28(22-14-18-26(34)19-15-22)29-30(38-2)32(35,24-10-6-4-7-11-24)31(39-3)33(36,40-29)25-12-8-5-9-13-25/h4-21,28-31,35-36H,1-3H3/t28?,29-,30-,31+,32-,33+/m1/s1. The van der Waals surface area contributed by atoms with Gasteiger partial charge in [-0.05, 0) is 41.0 Å². The predicted molar refractivity (Wildman–Crippen MR) is 148 cm³/mol. The van der Waals surface area contributed by atoms with Crippen molar-refractivity contribution in [3.05, 3.63) is 137 Å². The van der Waals surface area contributed by atoms with Crippen LogP contribution in [0.25, 0.3) is 0 Å². The number of halogens is 1. The lowest BCUT2D eigenvalue weighted by Crippen LogP contribution is -2.70. The highest BCUT2D eigenvalue weighted by Gasteiger charge is 2.65. The quantitative estimate of drug-likeness (QED) is 0.320. The molecule has 0 spiro atoms. The van der Waals surface area contributed by atoms with Gasteiger partial charge in [0.25, 0.3) is 0 Å². The summed E-state index contributed by atoms with van der Waals surface area (Å²) in [6.07, 6.45) is -3.28. The van der Waals surface area contributed by atoms with Crippen LogP contribution in [-0.2, 0) is 25.6 Å². The van der Waals surface area contributed by atoms with Gasteiger partial charge in [-0.3, -0.25) is 0 Å². The Morgan fingerprint density at radius 3 is 1.73 bits per heavy atom. The van der Waals surface area contributed by atoms with E-state index in [-0.39, 0.29) is 5.82 Å². The highest BCUT2D eigenvalue weighted by atomic mass is 19.1. The zero-order valence-corrected chi connectivity index (χ0v) is 22.6. The topological polar surface area (TPSA) is 77.4 Å². The molecule has 6 atom stereocenters. The fraction of sp³-hybridized carbons (Fsp3) is 0.273. The fourth-order valence-electron chi connectivity index (χ4n) is 5.90. The Morgan fingerprint density at radius 1 is 0.700 bits per heavy atom. The Kier molecular flexibility index (Phi) is 8.03. The molecule has 0 aromatic heterocycles. The molecule has 40 heavy (non-hydrogen) atoms. The van der Waals surface area contributed by atoms with E-state index in [1.807, 2.05) is 36.4 Å². The minimum atomic E-state index is -2.09. The molecule has 4 aromatic carbocycles. The molecule has 4 aromatic rings. The number of hydrogen-bond donors (Lipinski definition) is 2. The minimum absolute atomic E-state index is 0.383. The first-order valence-corrected chi connectivity index (χ1v) is 13.1. The highest BCUT2D eigenvalue weighted by molar-refractivity contribution is 5.41. The van der Waals surface area contributed by atoms with Gasteiger partial charge in [-0.15, -0.1) is 0 Å². The van der Waals surface area contributed by atoms with Crippen molar-refractivity contribution in [3.63, 3.8) is 0 Å². The van der Waals surface area contributed by atoms with Crippen LogP contribution in [0.2, 0.25) is 0 Å². The van der Waals surface area contributed by atoms with Gasteiger partial charge in [0.15, 0.2) is 6.10 Å². The molecular weight excluding hydrogens is 511 g/mol. The average molecular weight is 545 g/mol. The van der Waals surface area contributed by atoms with E-state index >= 15 is 0 Å². The smallest absolute Gasteiger partial charge is 0.223 e. The average Bonchev–Trinajstić information content (AvgIpc) is 2.99. The molecule has 6 nitrogen and oxygen atoms in total. The minimum Gasteiger partial charge on any atom is -0.497 e. The second-order valence-corrected chi connectivity index (χ2v) is 9.91. The summed E-state index contributed by atoms with van der Waals surface area (Å²) in [7, 11) is 4.50. The maximum atomic E-state index is 14.1. The lowest BCUT2D eigenvalue weighted by Gasteiger charge is -2.56. The van der Waals surface area contributed by atoms with E-state index in [2.05, 4.69) is 0 Å². The van der Waals surface area contributed by atoms with Crippen LogP contribution in [0.3, 0.4) is 0 Å². The monoisotopic (exact) mass is 544 g/mol. The Bertz CT molecular complexity index is 1380. The molecule has 0 radical (unpaired) electrons. The van der Waals surface area contributed by atoms with Crippen molar-refractivity contribution in [1.29, 1.82) is 0 Å². The van der Waals surface area contributed by atoms with Crippen molar-refractivity contribution >= 4 is 0 Å². The molecule has 0 aliphatic carbocycles. The van der Waals surface area contributed by atoms with Crippen molar-refractivity contribution in [1.82, 2.24) is 0 Å². The third kappa shape index (κ3) is 4.80. The molecule has 0 bridgehead atoms. The first-order chi connectivity index (χ1) is 19.4. The first-order valence-electron chi connectivity index (χ1n) is 13.1. The number of rotatable bonds is 8.